The summed E-state index contributed by atoms with van der Waals surface area (Å²) in [5, 5.41) is 5.21. The van der Waals surface area contributed by atoms with Crippen molar-refractivity contribution in [3.8, 4) is 0 Å². The normalized spacial score (nSPS) is 16.8. The van der Waals surface area contributed by atoms with Gasteiger partial charge in [-0.25, -0.2) is 14.2 Å². The van der Waals surface area contributed by atoms with Crippen molar-refractivity contribution in [2.75, 3.05) is 50.5 Å². The highest BCUT2D eigenvalue weighted by molar-refractivity contribution is 5.92. The van der Waals surface area contributed by atoms with Gasteiger partial charge in [0.15, 0.2) is 5.82 Å². The van der Waals surface area contributed by atoms with Crippen LogP contribution in [-0.4, -0.2) is 67.0 Å². The summed E-state index contributed by atoms with van der Waals surface area (Å²) in [6, 6.07) is 7.03. The van der Waals surface area contributed by atoms with Gasteiger partial charge in [-0.3, -0.25) is 9.69 Å². The summed E-state index contributed by atoms with van der Waals surface area (Å²) < 4.78 is 15.0. The Bertz CT molecular complexity index is 957. The highest BCUT2D eigenvalue weighted by atomic mass is 19.1. The number of rotatable bonds is 4. The van der Waals surface area contributed by atoms with Gasteiger partial charge >= 0.3 is 6.03 Å². The van der Waals surface area contributed by atoms with E-state index in [4.69, 9.17) is 0 Å². The molecule has 0 saturated carbocycles. The van der Waals surface area contributed by atoms with Gasteiger partial charge in [0.25, 0.3) is 5.91 Å². The largest absolute Gasteiger partial charge is 0.368 e. The molecule has 0 unspecified atom stereocenters. The van der Waals surface area contributed by atoms with E-state index in [2.05, 4.69) is 25.4 Å². The lowest BCUT2D eigenvalue weighted by molar-refractivity contribution is 0.0958. The van der Waals surface area contributed by atoms with Crippen molar-refractivity contribution >= 4 is 23.3 Å². The second-order valence-electron chi connectivity index (χ2n) is 7.60. The number of carbonyl (C=O) groups is 2. The quantitative estimate of drug-likeness (QED) is 0.802. The molecule has 0 bridgehead atoms. The first kappa shape index (κ1) is 20.1. The van der Waals surface area contributed by atoms with E-state index in [-0.39, 0.29) is 17.8 Å². The summed E-state index contributed by atoms with van der Waals surface area (Å²) >= 11 is 0. The zero-order valence-corrected chi connectivity index (χ0v) is 17.1. The number of piperazine rings is 1. The van der Waals surface area contributed by atoms with E-state index in [0.717, 1.165) is 37.4 Å². The van der Waals surface area contributed by atoms with Crippen LogP contribution in [0.1, 0.15) is 21.6 Å². The second-order valence-corrected chi connectivity index (χ2v) is 7.60. The smallest absolute Gasteiger partial charge is 0.321 e. The van der Waals surface area contributed by atoms with E-state index in [1.54, 1.807) is 26.4 Å². The number of hydrogen-bond acceptors (Lipinski definition) is 5. The number of anilines is 2. The van der Waals surface area contributed by atoms with E-state index in [0.29, 0.717) is 30.0 Å². The van der Waals surface area contributed by atoms with Crippen LogP contribution in [0.15, 0.2) is 30.5 Å². The minimum Gasteiger partial charge on any atom is -0.368 e. The van der Waals surface area contributed by atoms with Crippen molar-refractivity contribution in [1.29, 1.82) is 0 Å². The minimum atomic E-state index is -0.342. The zero-order valence-electron chi connectivity index (χ0n) is 17.1. The van der Waals surface area contributed by atoms with Crippen molar-refractivity contribution in [3.05, 3.63) is 53.1 Å². The van der Waals surface area contributed by atoms with Crippen LogP contribution in [0.2, 0.25) is 0 Å². The monoisotopic (exact) mass is 412 g/mol. The Balaban J connectivity index is 1.38. The van der Waals surface area contributed by atoms with Crippen LogP contribution in [0.5, 0.6) is 0 Å². The third kappa shape index (κ3) is 3.93. The van der Waals surface area contributed by atoms with Gasteiger partial charge in [-0.2, -0.15) is 0 Å². The van der Waals surface area contributed by atoms with Crippen LogP contribution in [0.4, 0.5) is 20.6 Å². The van der Waals surface area contributed by atoms with Gasteiger partial charge in [0, 0.05) is 58.9 Å². The Hall–Kier alpha value is -3.20. The molecule has 158 valence electrons. The van der Waals surface area contributed by atoms with Crippen molar-refractivity contribution in [1.82, 2.24) is 20.1 Å². The Morgan fingerprint density at radius 3 is 2.63 bits per heavy atom. The zero-order chi connectivity index (χ0) is 21.3. The molecule has 1 saturated heterocycles. The van der Waals surface area contributed by atoms with E-state index in [1.165, 1.54) is 4.90 Å². The standard InChI is InChI=1S/C21H25FN6O2/c1-23-20(29)17-6-5-16(11-24-17)28-9-7-27(8-10-28)13-14-3-4-15-12-26(2)21(30)25-19(15)18(14)22/h3-6,11H,7-10,12-13H2,1-2H3,(H,23,29)(H,25,30). The summed E-state index contributed by atoms with van der Waals surface area (Å²) in [6.45, 7) is 4.03. The first-order valence-corrected chi connectivity index (χ1v) is 9.94. The van der Waals surface area contributed by atoms with Gasteiger partial charge in [-0.05, 0) is 17.7 Å². The molecule has 0 aliphatic carbocycles. The molecule has 1 aromatic heterocycles. The Labute approximate surface area is 174 Å². The lowest BCUT2D eigenvalue weighted by Gasteiger charge is -2.36. The minimum absolute atomic E-state index is 0.207. The summed E-state index contributed by atoms with van der Waals surface area (Å²) in [5.74, 6) is -0.549. The van der Waals surface area contributed by atoms with E-state index in [9.17, 15) is 14.0 Å². The second kappa shape index (κ2) is 8.27. The number of carbonyl (C=O) groups excluding carboxylic acids is 2. The molecular formula is C21H25FN6O2. The molecule has 2 aromatic rings. The summed E-state index contributed by atoms with van der Waals surface area (Å²) in [4.78, 5) is 33.6. The number of fused-ring (bicyclic) bond motifs is 1. The maximum absolute atomic E-state index is 15.0. The lowest BCUT2D eigenvalue weighted by Crippen LogP contribution is -2.46. The Morgan fingerprint density at radius 2 is 1.97 bits per heavy atom. The molecule has 9 heteroatoms. The van der Waals surface area contributed by atoms with Crippen LogP contribution in [0.3, 0.4) is 0 Å². The fourth-order valence-corrected chi connectivity index (χ4v) is 3.82. The number of nitrogens with zero attached hydrogens (tertiary/aromatic N) is 4. The number of hydrogen-bond donors (Lipinski definition) is 2. The molecule has 8 nitrogen and oxygen atoms in total. The number of aromatic nitrogens is 1. The van der Waals surface area contributed by atoms with E-state index >= 15 is 0 Å². The number of amides is 3. The maximum Gasteiger partial charge on any atom is 0.321 e. The van der Waals surface area contributed by atoms with Crippen LogP contribution in [-0.2, 0) is 13.1 Å². The van der Waals surface area contributed by atoms with Crippen molar-refractivity contribution in [2.45, 2.75) is 13.1 Å². The van der Waals surface area contributed by atoms with Gasteiger partial charge in [0.2, 0.25) is 0 Å². The number of benzene rings is 1. The first-order chi connectivity index (χ1) is 14.5. The molecule has 0 radical (unpaired) electrons. The highest BCUT2D eigenvalue weighted by Gasteiger charge is 2.25. The summed E-state index contributed by atoms with van der Waals surface area (Å²) in [5.41, 5.74) is 3.03. The molecule has 2 aliphatic heterocycles. The van der Waals surface area contributed by atoms with E-state index in [1.807, 2.05) is 18.2 Å². The molecule has 0 spiro atoms. The van der Waals surface area contributed by atoms with Gasteiger partial charge in [-0.15, -0.1) is 0 Å². The summed E-state index contributed by atoms with van der Waals surface area (Å²) in [6.07, 6.45) is 1.71. The summed E-state index contributed by atoms with van der Waals surface area (Å²) in [7, 11) is 3.26. The molecule has 30 heavy (non-hydrogen) atoms. The molecule has 2 N–H and O–H groups in total. The Morgan fingerprint density at radius 1 is 1.20 bits per heavy atom. The SMILES string of the molecule is CNC(=O)c1ccc(N2CCN(Cc3ccc4c(c3F)NC(=O)N(C)C4)CC2)cn1. The average Bonchev–Trinajstić information content (AvgIpc) is 2.77. The third-order valence-electron chi connectivity index (χ3n) is 5.63. The van der Waals surface area contributed by atoms with Crippen LogP contribution < -0.4 is 15.5 Å². The maximum atomic E-state index is 15.0. The van der Waals surface area contributed by atoms with Crippen LogP contribution >= 0.6 is 0 Å². The third-order valence-corrected chi connectivity index (χ3v) is 5.63. The van der Waals surface area contributed by atoms with Gasteiger partial charge < -0.3 is 20.4 Å². The lowest BCUT2D eigenvalue weighted by atomic mass is 10.0. The molecule has 1 aromatic carbocycles. The molecule has 4 rings (SSSR count). The number of pyridine rings is 1. The molecule has 3 heterocycles. The van der Waals surface area contributed by atoms with Crippen molar-refractivity contribution in [3.63, 3.8) is 0 Å². The number of urea groups is 1. The number of halogens is 1. The van der Waals surface area contributed by atoms with Crippen molar-refractivity contribution in [2.24, 2.45) is 0 Å². The van der Waals surface area contributed by atoms with Crippen LogP contribution in [0, 0.1) is 5.82 Å². The molecular weight excluding hydrogens is 387 g/mol. The fraction of sp³-hybridized carbons (Fsp3) is 0.381. The number of nitrogens with one attached hydrogen (secondary N) is 2. The fourth-order valence-electron chi connectivity index (χ4n) is 3.82. The molecule has 3 amide bonds. The van der Waals surface area contributed by atoms with Crippen molar-refractivity contribution < 1.29 is 14.0 Å². The highest BCUT2D eigenvalue weighted by Crippen LogP contribution is 2.29. The van der Waals surface area contributed by atoms with Crippen LogP contribution in [0.25, 0.3) is 0 Å². The predicted octanol–water partition coefficient (Wildman–Crippen LogP) is 1.88. The van der Waals surface area contributed by atoms with E-state index < -0.39 is 0 Å². The Kier molecular flexibility index (Phi) is 5.54. The average molecular weight is 412 g/mol. The van der Waals surface area contributed by atoms with Gasteiger partial charge in [0.05, 0.1) is 17.6 Å². The first-order valence-electron chi connectivity index (χ1n) is 9.94. The molecule has 2 aliphatic rings. The molecule has 0 atom stereocenters. The van der Waals surface area contributed by atoms with Gasteiger partial charge in [0.1, 0.15) is 5.69 Å². The van der Waals surface area contributed by atoms with Gasteiger partial charge in [-0.1, -0.05) is 12.1 Å². The topological polar surface area (TPSA) is 80.8 Å². The molecule has 1 fully saturated rings. The predicted molar refractivity (Wildman–Crippen MR) is 112 cm³/mol.